The van der Waals surface area contributed by atoms with Gasteiger partial charge in [0.2, 0.25) is 10.0 Å². The van der Waals surface area contributed by atoms with Crippen LogP contribution in [0, 0.1) is 0 Å². The number of nitrogens with one attached hydrogen (secondary N) is 2. The third-order valence-electron chi connectivity index (χ3n) is 2.89. The van der Waals surface area contributed by atoms with Crippen LogP contribution in [0.15, 0.2) is 21.5 Å². The van der Waals surface area contributed by atoms with Crippen LogP contribution in [-0.2, 0) is 10.0 Å². The van der Waals surface area contributed by atoms with Crippen molar-refractivity contribution in [2.24, 2.45) is 0 Å². The maximum Gasteiger partial charge on any atom is 0.243 e. The molecule has 1 heterocycles. The first-order valence-electron chi connectivity index (χ1n) is 5.78. The highest BCUT2D eigenvalue weighted by molar-refractivity contribution is 9.10. The number of hydrogen-bond acceptors (Lipinski definition) is 3. The number of hydrogen-bond donors (Lipinski definition) is 2. The van der Waals surface area contributed by atoms with E-state index in [1.54, 1.807) is 0 Å². The van der Waals surface area contributed by atoms with E-state index in [9.17, 15) is 8.42 Å². The lowest BCUT2D eigenvalue weighted by molar-refractivity contribution is 0.427. The van der Waals surface area contributed by atoms with Gasteiger partial charge in [0.05, 0.1) is 10.0 Å². The molecule has 0 aromatic heterocycles. The summed E-state index contributed by atoms with van der Waals surface area (Å²) in [6.07, 6.45) is 1.51. The Bertz CT molecular complexity index is 551. The summed E-state index contributed by atoms with van der Waals surface area (Å²) in [6.45, 7) is 1.60. The summed E-state index contributed by atoms with van der Waals surface area (Å²) in [7, 11) is -3.70. The van der Waals surface area contributed by atoms with Crippen molar-refractivity contribution in [2.75, 3.05) is 13.1 Å². The molecule has 106 valence electrons. The van der Waals surface area contributed by atoms with Crippen LogP contribution in [0.1, 0.15) is 12.8 Å². The normalized spacial score (nSPS) is 17.6. The average Bonchev–Trinajstić information content (AvgIpc) is 2.27. The first-order valence-corrected chi connectivity index (χ1v) is 8.81. The smallest absolute Gasteiger partial charge is 0.243 e. The molecule has 0 atom stereocenters. The maximum absolute atomic E-state index is 12.3. The molecule has 0 saturated carbocycles. The molecule has 1 aromatic carbocycles. The molecule has 0 spiro atoms. The largest absolute Gasteiger partial charge is 0.317 e. The SMILES string of the molecule is O=S(=O)(NC1CCNCC1)c1c(Cl)cc(Br)cc1Cl. The van der Waals surface area contributed by atoms with Crippen molar-refractivity contribution in [2.45, 2.75) is 23.8 Å². The molecule has 2 N–H and O–H groups in total. The minimum atomic E-state index is -3.70. The lowest BCUT2D eigenvalue weighted by atomic mass is 10.1. The summed E-state index contributed by atoms with van der Waals surface area (Å²) in [5.74, 6) is 0. The fraction of sp³-hybridized carbons (Fsp3) is 0.455. The van der Waals surface area contributed by atoms with E-state index in [1.165, 1.54) is 12.1 Å². The van der Waals surface area contributed by atoms with E-state index in [0.717, 1.165) is 25.9 Å². The molecular weight excluding hydrogens is 375 g/mol. The molecule has 1 aliphatic heterocycles. The Morgan fingerprint density at radius 3 is 2.26 bits per heavy atom. The van der Waals surface area contributed by atoms with Crippen LogP contribution in [-0.4, -0.2) is 27.5 Å². The van der Waals surface area contributed by atoms with Crippen molar-refractivity contribution < 1.29 is 8.42 Å². The fourth-order valence-electron chi connectivity index (χ4n) is 2.00. The second kappa shape index (κ2) is 6.28. The van der Waals surface area contributed by atoms with Crippen LogP contribution >= 0.6 is 39.1 Å². The molecule has 0 unspecified atom stereocenters. The summed E-state index contributed by atoms with van der Waals surface area (Å²) >= 11 is 15.2. The lowest BCUT2D eigenvalue weighted by Crippen LogP contribution is -2.42. The molecule has 2 rings (SSSR count). The molecule has 0 amide bonds. The maximum atomic E-state index is 12.3. The quantitative estimate of drug-likeness (QED) is 0.838. The molecular formula is C11H13BrCl2N2O2S. The van der Waals surface area contributed by atoms with Crippen molar-refractivity contribution in [1.82, 2.24) is 10.0 Å². The summed E-state index contributed by atoms with van der Waals surface area (Å²) in [4.78, 5) is -0.0578. The van der Waals surface area contributed by atoms with Crippen LogP contribution in [0.2, 0.25) is 10.0 Å². The molecule has 0 bridgehead atoms. The topological polar surface area (TPSA) is 58.2 Å². The second-order valence-corrected chi connectivity index (χ2v) is 7.73. The Morgan fingerprint density at radius 2 is 1.74 bits per heavy atom. The zero-order valence-corrected chi connectivity index (χ0v) is 13.8. The molecule has 1 saturated heterocycles. The van der Waals surface area contributed by atoms with E-state index in [1.807, 2.05) is 0 Å². The van der Waals surface area contributed by atoms with Crippen molar-refractivity contribution >= 4 is 49.2 Å². The summed E-state index contributed by atoms with van der Waals surface area (Å²) in [6, 6.07) is 2.96. The van der Waals surface area contributed by atoms with Crippen molar-refractivity contribution in [3.05, 3.63) is 26.7 Å². The standard InChI is InChI=1S/C11H13BrCl2N2O2S/c12-7-5-9(13)11(10(14)6-7)19(17,18)16-8-1-3-15-4-2-8/h5-6,8,15-16H,1-4H2. The Hall–Kier alpha value is 0.150. The van der Waals surface area contributed by atoms with Crippen molar-refractivity contribution in [3.8, 4) is 0 Å². The first-order chi connectivity index (χ1) is 8.90. The lowest BCUT2D eigenvalue weighted by Gasteiger charge is -2.24. The van der Waals surface area contributed by atoms with Gasteiger partial charge in [-0.1, -0.05) is 39.1 Å². The highest BCUT2D eigenvalue weighted by Gasteiger charge is 2.26. The van der Waals surface area contributed by atoms with Gasteiger partial charge in [0.25, 0.3) is 0 Å². The number of piperidine rings is 1. The average molecular weight is 388 g/mol. The van der Waals surface area contributed by atoms with Crippen LogP contribution in [0.5, 0.6) is 0 Å². The Balaban J connectivity index is 2.29. The van der Waals surface area contributed by atoms with E-state index >= 15 is 0 Å². The van der Waals surface area contributed by atoms with E-state index in [2.05, 4.69) is 26.0 Å². The Kier molecular flexibility index (Phi) is 5.14. The Labute approximate surface area is 131 Å². The van der Waals surface area contributed by atoms with Crippen LogP contribution in [0.25, 0.3) is 0 Å². The van der Waals surface area contributed by atoms with Gasteiger partial charge in [-0.05, 0) is 38.1 Å². The van der Waals surface area contributed by atoms with Gasteiger partial charge in [-0.25, -0.2) is 13.1 Å². The van der Waals surface area contributed by atoms with Crippen molar-refractivity contribution in [3.63, 3.8) is 0 Å². The monoisotopic (exact) mass is 386 g/mol. The van der Waals surface area contributed by atoms with E-state index in [4.69, 9.17) is 23.2 Å². The first kappa shape index (κ1) is 15.5. The summed E-state index contributed by atoms with van der Waals surface area (Å²) in [5, 5.41) is 3.40. The summed E-state index contributed by atoms with van der Waals surface area (Å²) in [5.41, 5.74) is 0. The van der Waals surface area contributed by atoms with Crippen LogP contribution in [0.4, 0.5) is 0 Å². The van der Waals surface area contributed by atoms with E-state index in [-0.39, 0.29) is 21.0 Å². The third-order valence-corrected chi connectivity index (χ3v) is 5.79. The second-order valence-electron chi connectivity index (χ2n) is 4.34. The molecule has 19 heavy (non-hydrogen) atoms. The predicted octanol–water partition coefficient (Wildman–Crippen LogP) is 2.79. The van der Waals surface area contributed by atoms with Gasteiger partial charge in [-0.3, -0.25) is 0 Å². The van der Waals surface area contributed by atoms with E-state index < -0.39 is 10.0 Å². The number of benzene rings is 1. The molecule has 0 aliphatic carbocycles. The van der Waals surface area contributed by atoms with Crippen LogP contribution in [0.3, 0.4) is 0 Å². The fourth-order valence-corrected chi connectivity index (χ4v) is 5.25. The minimum Gasteiger partial charge on any atom is -0.317 e. The van der Waals surface area contributed by atoms with Gasteiger partial charge in [-0.15, -0.1) is 0 Å². The van der Waals surface area contributed by atoms with Gasteiger partial charge in [-0.2, -0.15) is 0 Å². The minimum absolute atomic E-state index is 0.0578. The van der Waals surface area contributed by atoms with Gasteiger partial charge < -0.3 is 5.32 Å². The summed E-state index contributed by atoms with van der Waals surface area (Å²) < 4.78 is 28.0. The molecule has 1 fully saturated rings. The van der Waals surface area contributed by atoms with Gasteiger partial charge in [0, 0.05) is 10.5 Å². The molecule has 4 nitrogen and oxygen atoms in total. The zero-order chi connectivity index (χ0) is 14.0. The number of rotatable bonds is 3. The zero-order valence-electron chi connectivity index (χ0n) is 9.92. The molecule has 8 heteroatoms. The van der Waals surface area contributed by atoms with Gasteiger partial charge >= 0.3 is 0 Å². The highest BCUT2D eigenvalue weighted by atomic mass is 79.9. The van der Waals surface area contributed by atoms with Crippen LogP contribution < -0.4 is 10.0 Å². The molecule has 1 aliphatic rings. The Morgan fingerprint density at radius 1 is 1.21 bits per heavy atom. The number of sulfonamides is 1. The third kappa shape index (κ3) is 3.83. The highest BCUT2D eigenvalue weighted by Crippen LogP contribution is 2.33. The van der Waals surface area contributed by atoms with Gasteiger partial charge in [0.15, 0.2) is 0 Å². The van der Waals surface area contributed by atoms with Crippen molar-refractivity contribution in [1.29, 1.82) is 0 Å². The predicted molar refractivity (Wildman–Crippen MR) is 80.4 cm³/mol. The van der Waals surface area contributed by atoms with E-state index in [0.29, 0.717) is 4.47 Å². The molecule has 0 radical (unpaired) electrons. The molecule has 1 aromatic rings. The number of halogens is 3. The van der Waals surface area contributed by atoms with Gasteiger partial charge in [0.1, 0.15) is 4.90 Å².